The zero-order chi connectivity index (χ0) is 40.6. The molecule has 0 spiro atoms. The van der Waals surface area contributed by atoms with Crippen molar-refractivity contribution >= 4 is 59.8 Å². The fraction of sp³-hybridized carbons (Fsp3) is 0.478. The van der Waals surface area contributed by atoms with Crippen molar-refractivity contribution in [1.29, 1.82) is 0 Å². The molecular weight excluding hydrogens is 964 g/mol. The molecule has 1 aliphatic rings. The fourth-order valence-corrected chi connectivity index (χ4v) is 15.3. The second-order valence-corrected chi connectivity index (χ2v) is 24.6. The van der Waals surface area contributed by atoms with Crippen LogP contribution in [-0.2, 0) is 66.6 Å². The van der Waals surface area contributed by atoms with E-state index < -0.39 is 0 Å². The number of aliphatic hydroxyl groups is 2. The number of methoxy groups -OCH3 is 4. The SMILES string of the molecule is COc1c2cc(CO)cc1C[Se]Cc1cc(C(C)(C)C)cc(c1OC)C[Se]Cc1cc(CO)cc(c1OC)C[Se]Cc1cc(C(C)(C)C)cc(c1OC)C[Se]C2. The number of benzene rings is 4. The Morgan fingerprint density at radius 1 is 0.393 bits per heavy atom. The number of rotatable bonds is 6. The third-order valence-corrected chi connectivity index (χ3v) is 18.7. The van der Waals surface area contributed by atoms with Crippen LogP contribution in [-0.4, -0.2) is 98.5 Å². The summed E-state index contributed by atoms with van der Waals surface area (Å²) in [6.45, 7) is 13.8. The molecule has 8 bridgehead atoms. The Labute approximate surface area is 361 Å². The number of fused-ring (bicyclic) bond motifs is 8. The van der Waals surface area contributed by atoms with Crippen LogP contribution < -0.4 is 18.9 Å². The summed E-state index contributed by atoms with van der Waals surface area (Å²) in [5.41, 5.74) is 14.4. The zero-order valence-corrected chi connectivity index (χ0v) is 41.7. The fourth-order valence-electron chi connectivity index (χ4n) is 7.20. The molecule has 0 amide bonds. The minimum absolute atomic E-state index is 0.00170. The quantitative estimate of drug-likeness (QED) is 0.199. The van der Waals surface area contributed by atoms with Crippen molar-refractivity contribution in [2.75, 3.05) is 28.4 Å². The Balaban J connectivity index is 1.60. The molecule has 0 aliphatic carbocycles. The summed E-state index contributed by atoms with van der Waals surface area (Å²) >= 11 is 0.932. The Morgan fingerprint density at radius 3 is 0.750 bits per heavy atom. The molecule has 0 unspecified atom stereocenters. The van der Waals surface area contributed by atoms with Crippen molar-refractivity contribution in [2.24, 2.45) is 0 Å². The average Bonchev–Trinajstić information content (AvgIpc) is 3.16. The Bertz CT molecular complexity index is 1720. The van der Waals surface area contributed by atoms with Gasteiger partial charge < -0.3 is 0 Å². The third kappa shape index (κ3) is 11.2. The summed E-state index contributed by atoms with van der Waals surface area (Å²) < 4.78 is 24.8. The van der Waals surface area contributed by atoms with E-state index in [1.807, 2.05) is 14.2 Å². The molecule has 0 radical (unpaired) electrons. The molecule has 5 rings (SSSR count). The zero-order valence-electron chi connectivity index (χ0n) is 34.9. The first-order valence-electron chi connectivity index (χ1n) is 19.0. The molecule has 2 N–H and O–H groups in total. The van der Waals surface area contributed by atoms with Crippen LogP contribution in [0.1, 0.15) is 108 Å². The van der Waals surface area contributed by atoms with Crippen molar-refractivity contribution < 1.29 is 29.2 Å². The van der Waals surface area contributed by atoms with Gasteiger partial charge >= 0.3 is 364 Å². The predicted octanol–water partition coefficient (Wildman–Crippen LogP) is 7.23. The first-order valence-corrected chi connectivity index (χ1v) is 28.7. The molecule has 1 heterocycles. The molecule has 0 fully saturated rings. The van der Waals surface area contributed by atoms with E-state index in [2.05, 4.69) is 90.1 Å². The minimum atomic E-state index is 0.00170. The van der Waals surface area contributed by atoms with Gasteiger partial charge in [0, 0.05) is 0 Å². The van der Waals surface area contributed by atoms with Gasteiger partial charge in [0.15, 0.2) is 0 Å². The topological polar surface area (TPSA) is 77.4 Å². The van der Waals surface area contributed by atoms with Crippen LogP contribution in [0.5, 0.6) is 23.0 Å². The normalized spacial score (nSPS) is 14.8. The van der Waals surface area contributed by atoms with E-state index in [0.29, 0.717) is 0 Å². The third-order valence-electron chi connectivity index (χ3n) is 10.1. The van der Waals surface area contributed by atoms with Gasteiger partial charge in [-0.05, 0) is 0 Å². The van der Waals surface area contributed by atoms with Crippen molar-refractivity contribution in [3.63, 3.8) is 0 Å². The molecule has 0 saturated carbocycles. The van der Waals surface area contributed by atoms with Crippen LogP contribution in [0, 0.1) is 0 Å². The van der Waals surface area contributed by atoms with Gasteiger partial charge in [0.2, 0.25) is 0 Å². The molecule has 0 saturated heterocycles. The van der Waals surface area contributed by atoms with E-state index in [0.717, 1.165) is 76.7 Å². The maximum absolute atomic E-state index is 10.4. The van der Waals surface area contributed by atoms with E-state index in [-0.39, 0.29) is 83.9 Å². The second-order valence-electron chi connectivity index (χ2n) is 16.3. The van der Waals surface area contributed by atoms with Crippen LogP contribution in [0.2, 0.25) is 0 Å². The number of hydrogen-bond donors (Lipinski definition) is 2. The summed E-state index contributed by atoms with van der Waals surface area (Å²) in [5.74, 6) is 3.98. The van der Waals surface area contributed by atoms with Gasteiger partial charge in [-0.2, -0.15) is 0 Å². The summed E-state index contributed by atoms with van der Waals surface area (Å²) in [7, 11) is 7.21. The molecule has 10 heteroatoms. The van der Waals surface area contributed by atoms with Crippen molar-refractivity contribution in [2.45, 2.75) is 108 Å². The number of ether oxygens (including phenoxy) is 4. The van der Waals surface area contributed by atoms with Crippen molar-refractivity contribution in [3.8, 4) is 23.0 Å². The standard InChI is InChI=1S/C46H60O6Se4/c1-45(2,3)39-15-35-25-53-21-31-11-29(19-47)13-33(41(31)49-7)23-55-27-37-17-40(46(4,5)6)18-38(44(37)52-10)28-56-24-34-14-30(20-48)12-32(42(34)50-8)22-54-26-36(16-39)43(35)51-9/h11-18,47-48H,19-28H2,1-10H3. The van der Waals surface area contributed by atoms with Gasteiger partial charge in [0.05, 0.1) is 0 Å². The molecular formula is C46H60O6Se4. The predicted molar refractivity (Wildman–Crippen MR) is 234 cm³/mol. The second kappa shape index (κ2) is 20.4. The van der Waals surface area contributed by atoms with Crippen LogP contribution in [0.15, 0.2) is 48.5 Å². The molecule has 304 valence electrons. The van der Waals surface area contributed by atoms with Crippen molar-refractivity contribution in [1.82, 2.24) is 0 Å². The molecule has 6 nitrogen and oxygen atoms in total. The summed E-state index contributed by atoms with van der Waals surface area (Å²) in [4.78, 5) is 0. The van der Waals surface area contributed by atoms with Crippen molar-refractivity contribution in [3.05, 3.63) is 115 Å². The van der Waals surface area contributed by atoms with Crippen LogP contribution >= 0.6 is 0 Å². The van der Waals surface area contributed by atoms with Crippen LogP contribution in [0.3, 0.4) is 0 Å². The van der Waals surface area contributed by atoms with Gasteiger partial charge in [0.1, 0.15) is 0 Å². The summed E-state index contributed by atoms with van der Waals surface area (Å²) in [6.07, 6.45) is 0. The van der Waals surface area contributed by atoms with Crippen LogP contribution in [0.4, 0.5) is 0 Å². The monoisotopic (exact) mass is 1030 g/mol. The van der Waals surface area contributed by atoms with Gasteiger partial charge in [-0.25, -0.2) is 0 Å². The molecule has 56 heavy (non-hydrogen) atoms. The van der Waals surface area contributed by atoms with Gasteiger partial charge in [-0.15, -0.1) is 0 Å². The van der Waals surface area contributed by atoms with E-state index in [9.17, 15) is 10.2 Å². The Kier molecular flexibility index (Phi) is 16.4. The summed E-state index contributed by atoms with van der Waals surface area (Å²) in [5, 5.41) is 28.1. The Morgan fingerprint density at radius 2 is 0.589 bits per heavy atom. The van der Waals surface area contributed by atoms with Gasteiger partial charge in [0.25, 0.3) is 0 Å². The van der Waals surface area contributed by atoms with E-state index >= 15 is 0 Å². The maximum atomic E-state index is 10.4. The molecule has 4 aromatic rings. The van der Waals surface area contributed by atoms with E-state index in [1.54, 1.807) is 14.2 Å². The van der Waals surface area contributed by atoms with Gasteiger partial charge in [-0.1, -0.05) is 0 Å². The molecule has 1 aliphatic heterocycles. The molecule has 4 aromatic carbocycles. The average molecular weight is 1020 g/mol. The number of hydrogen-bond acceptors (Lipinski definition) is 6. The van der Waals surface area contributed by atoms with Crippen LogP contribution in [0.25, 0.3) is 0 Å². The first kappa shape index (κ1) is 45.2. The summed E-state index contributed by atoms with van der Waals surface area (Å²) in [6, 6.07) is 18.1. The number of aliphatic hydroxyl groups excluding tert-OH is 2. The van der Waals surface area contributed by atoms with E-state index in [1.165, 1.54) is 55.6 Å². The molecule has 0 aromatic heterocycles. The Hall–Kier alpha value is -1.92. The first-order chi connectivity index (χ1) is 26.7. The molecule has 0 atom stereocenters. The van der Waals surface area contributed by atoms with Gasteiger partial charge in [-0.3, -0.25) is 0 Å². The van der Waals surface area contributed by atoms with E-state index in [4.69, 9.17) is 18.9 Å².